The van der Waals surface area contributed by atoms with Crippen LogP contribution in [0.1, 0.15) is 66.6 Å². The highest BCUT2D eigenvalue weighted by atomic mass is 19.1. The van der Waals surface area contributed by atoms with Crippen molar-refractivity contribution < 1.29 is 13.6 Å². The van der Waals surface area contributed by atoms with Crippen LogP contribution >= 0.6 is 0 Å². The Morgan fingerprint density at radius 3 is 2.61 bits per heavy atom. The van der Waals surface area contributed by atoms with E-state index in [9.17, 15) is 9.18 Å². The molecule has 1 saturated heterocycles. The van der Waals surface area contributed by atoms with Crippen LogP contribution in [0.15, 0.2) is 40.1 Å². The van der Waals surface area contributed by atoms with Crippen molar-refractivity contribution in [3.05, 3.63) is 58.6 Å². The maximum Gasteiger partial charge on any atom is 0.255 e. The number of imidazole rings is 1. The third-order valence-electron chi connectivity index (χ3n) is 7.80. The van der Waals surface area contributed by atoms with Crippen LogP contribution in [0, 0.1) is 25.6 Å². The summed E-state index contributed by atoms with van der Waals surface area (Å²) in [7, 11) is 0. The van der Waals surface area contributed by atoms with E-state index in [1.165, 1.54) is 18.9 Å². The number of benzene rings is 1. The van der Waals surface area contributed by atoms with Crippen molar-refractivity contribution in [3.8, 4) is 0 Å². The molecule has 2 fully saturated rings. The van der Waals surface area contributed by atoms with Gasteiger partial charge in [0.2, 0.25) is 0 Å². The monoisotopic (exact) mass is 561 g/mol. The molecule has 10 heteroatoms. The Morgan fingerprint density at radius 1 is 1.15 bits per heavy atom. The van der Waals surface area contributed by atoms with Crippen LogP contribution in [-0.4, -0.2) is 75.9 Å². The quantitative estimate of drug-likeness (QED) is 0.313. The number of halogens is 2. The van der Waals surface area contributed by atoms with E-state index < -0.39 is 11.6 Å². The number of aryl methyl sites for hydroxylation is 2. The number of carbonyl (C=O) groups excluding carboxylic acids is 1. The number of amides is 1. The van der Waals surface area contributed by atoms with Crippen LogP contribution in [0.2, 0.25) is 0 Å². The lowest BCUT2D eigenvalue weighted by molar-refractivity contribution is 0.0760. The highest BCUT2D eigenvalue weighted by Crippen LogP contribution is 2.31. The molecular weight excluding hydrogens is 524 g/mol. The molecule has 216 valence electrons. The van der Waals surface area contributed by atoms with Crippen molar-refractivity contribution in [2.75, 3.05) is 32.7 Å². The number of aliphatic imine (C=N–C) groups is 2. The Kier molecular flexibility index (Phi) is 8.40. The number of hydrogen-bond donors (Lipinski definition) is 0. The normalized spacial score (nSPS) is 17.4. The average molecular weight is 562 g/mol. The van der Waals surface area contributed by atoms with Crippen molar-refractivity contribution in [1.82, 2.24) is 24.3 Å². The molecule has 0 radical (unpaired) electrons. The number of aromatic nitrogens is 3. The standard InChI is InChI=1S/C31H37F2N7O/c1-19(2)40-21(4)37-30-25(32)15-23(16-27(30)40)29(34-5)26(33)17-35-28-10-9-24(20(3)36-28)31(41)39-12-6-11-38(13-14-39)18-22-7-8-22/h9-10,15-17,19,22H,5-8,11-14,18H2,1-4H3/b29-26+,35-17?. The SMILES string of the molecule is C=N/C(=C(/F)C=Nc1ccc(C(=O)N2CCCN(CC3CC3)CC2)c(C)n1)c1cc(F)c2nc(C)n(C(C)C)c2c1. The highest BCUT2D eigenvalue weighted by Gasteiger charge is 2.27. The molecule has 0 bridgehead atoms. The topological polar surface area (TPSA) is 79.0 Å². The molecule has 0 unspecified atom stereocenters. The van der Waals surface area contributed by atoms with Crippen molar-refractivity contribution in [2.24, 2.45) is 15.9 Å². The van der Waals surface area contributed by atoms with Crippen LogP contribution < -0.4 is 0 Å². The molecule has 1 aliphatic carbocycles. The van der Waals surface area contributed by atoms with Gasteiger partial charge in [0.05, 0.1) is 23.0 Å². The van der Waals surface area contributed by atoms with E-state index in [2.05, 4.69) is 31.6 Å². The minimum absolute atomic E-state index is 0.0377. The smallest absolute Gasteiger partial charge is 0.255 e. The first-order chi connectivity index (χ1) is 19.7. The van der Waals surface area contributed by atoms with Crippen LogP contribution in [0.25, 0.3) is 16.7 Å². The van der Waals surface area contributed by atoms with Gasteiger partial charge < -0.3 is 14.4 Å². The lowest BCUT2D eigenvalue weighted by Crippen LogP contribution is -2.36. The summed E-state index contributed by atoms with van der Waals surface area (Å²) in [5, 5.41) is 0. The number of carbonyl (C=O) groups is 1. The van der Waals surface area contributed by atoms with Gasteiger partial charge in [-0.3, -0.25) is 9.79 Å². The molecule has 1 aromatic carbocycles. The predicted octanol–water partition coefficient (Wildman–Crippen LogP) is 6.07. The van der Waals surface area contributed by atoms with Gasteiger partial charge in [0.1, 0.15) is 17.0 Å². The van der Waals surface area contributed by atoms with Gasteiger partial charge in [-0.1, -0.05) is 0 Å². The number of fused-ring (bicyclic) bond motifs is 1. The van der Waals surface area contributed by atoms with E-state index in [1.54, 1.807) is 32.0 Å². The highest BCUT2D eigenvalue weighted by molar-refractivity contribution is 5.96. The van der Waals surface area contributed by atoms with E-state index in [-0.39, 0.29) is 34.5 Å². The lowest BCUT2D eigenvalue weighted by Gasteiger charge is -2.22. The van der Waals surface area contributed by atoms with Gasteiger partial charge in [0.25, 0.3) is 5.91 Å². The van der Waals surface area contributed by atoms with Gasteiger partial charge in [0.15, 0.2) is 17.5 Å². The summed E-state index contributed by atoms with van der Waals surface area (Å²) in [5.41, 5.74) is 1.92. The second-order valence-corrected chi connectivity index (χ2v) is 11.3. The van der Waals surface area contributed by atoms with Crippen molar-refractivity contribution in [3.63, 3.8) is 0 Å². The summed E-state index contributed by atoms with van der Waals surface area (Å²) in [6, 6.07) is 6.19. The van der Waals surface area contributed by atoms with Gasteiger partial charge >= 0.3 is 0 Å². The Balaban J connectivity index is 1.33. The zero-order valence-electron chi connectivity index (χ0n) is 24.2. The summed E-state index contributed by atoms with van der Waals surface area (Å²) in [5.74, 6) is 0.350. The van der Waals surface area contributed by atoms with Crippen LogP contribution in [-0.2, 0) is 0 Å². The van der Waals surface area contributed by atoms with E-state index in [4.69, 9.17) is 0 Å². The molecule has 1 saturated carbocycles. The third kappa shape index (κ3) is 6.27. The molecular formula is C31H37F2N7O. The first kappa shape index (κ1) is 28.7. The first-order valence-corrected chi connectivity index (χ1v) is 14.2. The molecule has 2 aliphatic rings. The molecule has 0 spiro atoms. The van der Waals surface area contributed by atoms with E-state index >= 15 is 4.39 Å². The van der Waals surface area contributed by atoms with Gasteiger partial charge in [0, 0.05) is 37.8 Å². The fourth-order valence-electron chi connectivity index (χ4n) is 5.58. The van der Waals surface area contributed by atoms with E-state index in [1.807, 2.05) is 23.3 Å². The van der Waals surface area contributed by atoms with Gasteiger partial charge in [-0.2, -0.15) is 0 Å². The summed E-state index contributed by atoms with van der Waals surface area (Å²) in [6.45, 7) is 15.5. The molecule has 8 nitrogen and oxygen atoms in total. The van der Waals surface area contributed by atoms with Crippen LogP contribution in [0.3, 0.4) is 0 Å². The molecule has 0 atom stereocenters. The van der Waals surface area contributed by atoms with Crippen molar-refractivity contribution >= 4 is 41.4 Å². The average Bonchev–Trinajstić information content (AvgIpc) is 3.72. The Hall–Kier alpha value is -3.79. The molecule has 1 amide bonds. The van der Waals surface area contributed by atoms with Gasteiger partial charge in [-0.25, -0.2) is 23.7 Å². The third-order valence-corrected chi connectivity index (χ3v) is 7.80. The Labute approximate surface area is 239 Å². The number of hydrogen-bond acceptors (Lipinski definition) is 6. The lowest BCUT2D eigenvalue weighted by atomic mass is 10.1. The Morgan fingerprint density at radius 2 is 1.93 bits per heavy atom. The second kappa shape index (κ2) is 12.0. The molecule has 3 aromatic rings. The van der Waals surface area contributed by atoms with Crippen LogP contribution in [0.5, 0.6) is 0 Å². The molecule has 3 heterocycles. The summed E-state index contributed by atoms with van der Waals surface area (Å²) in [4.78, 5) is 34.4. The minimum atomic E-state index is -0.786. The largest absolute Gasteiger partial charge is 0.337 e. The molecule has 2 aromatic heterocycles. The first-order valence-electron chi connectivity index (χ1n) is 14.2. The fraction of sp³-hybridized carbons (Fsp3) is 0.452. The molecule has 1 aliphatic heterocycles. The number of allylic oxidation sites excluding steroid dienone is 1. The number of rotatable bonds is 8. The van der Waals surface area contributed by atoms with E-state index in [0.717, 1.165) is 44.7 Å². The van der Waals surface area contributed by atoms with Crippen molar-refractivity contribution in [2.45, 2.75) is 53.0 Å². The Bertz CT molecular complexity index is 1540. The summed E-state index contributed by atoms with van der Waals surface area (Å²) < 4.78 is 32.1. The summed E-state index contributed by atoms with van der Waals surface area (Å²) in [6.07, 6.45) is 4.59. The maximum absolute atomic E-state index is 15.3. The number of pyridine rings is 1. The van der Waals surface area contributed by atoms with Crippen molar-refractivity contribution in [1.29, 1.82) is 0 Å². The molecule has 5 rings (SSSR count). The van der Waals surface area contributed by atoms with Gasteiger partial charge in [-0.05, 0) is 90.4 Å². The molecule has 0 N–H and O–H groups in total. The predicted molar refractivity (Wildman–Crippen MR) is 159 cm³/mol. The summed E-state index contributed by atoms with van der Waals surface area (Å²) >= 11 is 0. The maximum atomic E-state index is 15.3. The fourth-order valence-corrected chi connectivity index (χ4v) is 5.58. The van der Waals surface area contributed by atoms with E-state index in [0.29, 0.717) is 29.1 Å². The zero-order chi connectivity index (χ0) is 29.3. The second-order valence-electron chi connectivity index (χ2n) is 11.3. The van der Waals surface area contributed by atoms with Crippen LogP contribution in [0.4, 0.5) is 14.6 Å². The molecule has 41 heavy (non-hydrogen) atoms. The minimum Gasteiger partial charge on any atom is -0.337 e. The zero-order valence-corrected chi connectivity index (χ0v) is 24.2. The van der Waals surface area contributed by atoms with Gasteiger partial charge in [-0.15, -0.1) is 0 Å². The number of nitrogens with zero attached hydrogens (tertiary/aromatic N) is 7.